The molecule has 0 saturated heterocycles. The Kier molecular flexibility index (Phi) is 11.8. The second-order valence-electron chi connectivity index (χ2n) is 6.43. The molecule has 1 amide bonds. The summed E-state index contributed by atoms with van der Waals surface area (Å²) in [6, 6.07) is 3.35. The summed E-state index contributed by atoms with van der Waals surface area (Å²) in [5, 5.41) is 13.7. The minimum absolute atomic E-state index is 0.0408. The van der Waals surface area contributed by atoms with Crippen molar-refractivity contribution in [1.82, 2.24) is 5.43 Å². The second-order valence-corrected chi connectivity index (χ2v) is 7.28. The van der Waals surface area contributed by atoms with Crippen LogP contribution in [-0.4, -0.2) is 24.3 Å². The number of carbonyl (C=O) groups is 1. The molecule has 0 atom stereocenters. The standard InChI is InChI=1S/C20H31BrN2O3/c1-3-4-5-6-7-8-9-10-11-12-19(24)23-22-15-16-13-17(21)20(25)18(14-16)26-2/h13-15,25H,3-12H2,1-2H3,(H,23,24)/b22-15+. The Morgan fingerprint density at radius 3 is 2.38 bits per heavy atom. The average Bonchev–Trinajstić information content (AvgIpc) is 2.63. The summed E-state index contributed by atoms with van der Waals surface area (Å²) in [7, 11) is 1.48. The summed E-state index contributed by atoms with van der Waals surface area (Å²) in [5.41, 5.74) is 3.26. The molecule has 0 bridgehead atoms. The number of hydrogen-bond donors (Lipinski definition) is 2. The van der Waals surface area contributed by atoms with Gasteiger partial charge in [-0.25, -0.2) is 5.43 Å². The molecule has 6 heteroatoms. The van der Waals surface area contributed by atoms with E-state index in [2.05, 4.69) is 33.4 Å². The van der Waals surface area contributed by atoms with Gasteiger partial charge in [-0.05, 0) is 40.0 Å². The van der Waals surface area contributed by atoms with E-state index in [0.717, 1.165) is 18.4 Å². The van der Waals surface area contributed by atoms with Crippen molar-refractivity contribution < 1.29 is 14.6 Å². The Morgan fingerprint density at radius 2 is 1.77 bits per heavy atom. The molecule has 5 nitrogen and oxygen atoms in total. The van der Waals surface area contributed by atoms with E-state index in [9.17, 15) is 9.90 Å². The van der Waals surface area contributed by atoms with E-state index >= 15 is 0 Å². The number of nitrogens with one attached hydrogen (secondary N) is 1. The molecule has 0 saturated carbocycles. The molecule has 146 valence electrons. The van der Waals surface area contributed by atoms with Crippen LogP contribution in [0.15, 0.2) is 21.7 Å². The van der Waals surface area contributed by atoms with Crippen molar-refractivity contribution in [1.29, 1.82) is 0 Å². The molecule has 0 aliphatic carbocycles. The van der Waals surface area contributed by atoms with Crippen LogP contribution in [0.2, 0.25) is 0 Å². The van der Waals surface area contributed by atoms with Crippen molar-refractivity contribution in [3.63, 3.8) is 0 Å². The average molecular weight is 427 g/mol. The van der Waals surface area contributed by atoms with E-state index in [4.69, 9.17) is 4.74 Å². The highest BCUT2D eigenvalue weighted by atomic mass is 79.9. The van der Waals surface area contributed by atoms with Crippen molar-refractivity contribution in [3.05, 3.63) is 22.2 Å². The monoisotopic (exact) mass is 426 g/mol. The number of ether oxygens (including phenoxy) is 1. The number of rotatable bonds is 13. The van der Waals surface area contributed by atoms with Crippen LogP contribution in [0.5, 0.6) is 11.5 Å². The number of aromatic hydroxyl groups is 1. The lowest BCUT2D eigenvalue weighted by molar-refractivity contribution is -0.121. The van der Waals surface area contributed by atoms with Crippen LogP contribution in [0.4, 0.5) is 0 Å². The zero-order valence-corrected chi connectivity index (χ0v) is 17.5. The molecule has 0 aromatic heterocycles. The van der Waals surface area contributed by atoms with Gasteiger partial charge in [0.1, 0.15) is 0 Å². The van der Waals surface area contributed by atoms with Gasteiger partial charge in [0, 0.05) is 6.42 Å². The number of unbranched alkanes of at least 4 members (excludes halogenated alkanes) is 8. The van der Waals surface area contributed by atoms with Gasteiger partial charge in [-0.2, -0.15) is 5.10 Å². The summed E-state index contributed by atoms with van der Waals surface area (Å²) >= 11 is 3.25. The van der Waals surface area contributed by atoms with Crippen LogP contribution in [-0.2, 0) is 4.79 Å². The zero-order valence-electron chi connectivity index (χ0n) is 15.9. The normalized spacial score (nSPS) is 11.0. The van der Waals surface area contributed by atoms with E-state index in [-0.39, 0.29) is 11.7 Å². The van der Waals surface area contributed by atoms with Crippen molar-refractivity contribution >= 4 is 28.1 Å². The summed E-state index contributed by atoms with van der Waals surface area (Å²) in [6.07, 6.45) is 13.1. The number of hydrogen-bond acceptors (Lipinski definition) is 4. The van der Waals surface area contributed by atoms with Crippen LogP contribution in [0.25, 0.3) is 0 Å². The number of carbonyl (C=O) groups excluding carboxylic acids is 1. The van der Waals surface area contributed by atoms with E-state index in [0.29, 0.717) is 16.6 Å². The van der Waals surface area contributed by atoms with Crippen LogP contribution in [0.3, 0.4) is 0 Å². The third-order valence-corrected chi connectivity index (χ3v) is 4.79. The third-order valence-electron chi connectivity index (χ3n) is 4.18. The minimum atomic E-state index is -0.0750. The highest BCUT2D eigenvalue weighted by molar-refractivity contribution is 9.10. The van der Waals surface area contributed by atoms with Gasteiger partial charge < -0.3 is 9.84 Å². The summed E-state index contributed by atoms with van der Waals surface area (Å²) < 4.78 is 5.59. The predicted octanol–water partition coefficient (Wildman–Crippen LogP) is 5.53. The van der Waals surface area contributed by atoms with E-state index in [1.807, 2.05) is 0 Å². The highest BCUT2D eigenvalue weighted by Gasteiger charge is 2.07. The number of benzene rings is 1. The molecule has 1 aromatic carbocycles. The Balaban J connectivity index is 2.18. The molecule has 0 unspecified atom stereocenters. The summed E-state index contributed by atoms with van der Waals surface area (Å²) in [4.78, 5) is 11.8. The fourth-order valence-corrected chi connectivity index (χ4v) is 3.11. The van der Waals surface area contributed by atoms with Gasteiger partial charge in [0.25, 0.3) is 0 Å². The molecule has 0 aliphatic heterocycles. The van der Waals surface area contributed by atoms with Gasteiger partial charge in [0.15, 0.2) is 11.5 Å². The summed E-state index contributed by atoms with van der Waals surface area (Å²) in [5.74, 6) is 0.315. The molecule has 2 N–H and O–H groups in total. The molecule has 1 rings (SSSR count). The van der Waals surface area contributed by atoms with Crippen molar-refractivity contribution in [2.45, 2.75) is 71.1 Å². The first kappa shape index (κ1) is 22.5. The predicted molar refractivity (Wildman–Crippen MR) is 110 cm³/mol. The largest absolute Gasteiger partial charge is 0.503 e. The zero-order chi connectivity index (χ0) is 19.2. The van der Waals surface area contributed by atoms with Gasteiger partial charge in [0.05, 0.1) is 17.8 Å². The Labute approximate surface area is 165 Å². The smallest absolute Gasteiger partial charge is 0.240 e. The Morgan fingerprint density at radius 1 is 1.15 bits per heavy atom. The van der Waals surface area contributed by atoms with Crippen molar-refractivity contribution in [2.24, 2.45) is 5.10 Å². The number of methoxy groups -OCH3 is 1. The lowest BCUT2D eigenvalue weighted by Gasteiger charge is -2.06. The number of amides is 1. The maximum atomic E-state index is 11.8. The molecular formula is C20H31BrN2O3. The lowest BCUT2D eigenvalue weighted by Crippen LogP contribution is -2.16. The maximum absolute atomic E-state index is 11.8. The van der Waals surface area contributed by atoms with Gasteiger partial charge in [-0.3, -0.25) is 4.79 Å². The quantitative estimate of drug-likeness (QED) is 0.247. The number of hydrazone groups is 1. The number of phenolic OH excluding ortho intramolecular Hbond substituents is 1. The number of halogens is 1. The van der Waals surface area contributed by atoms with Gasteiger partial charge in [0.2, 0.25) is 5.91 Å². The van der Waals surface area contributed by atoms with Crippen LogP contribution >= 0.6 is 15.9 Å². The van der Waals surface area contributed by atoms with Crippen LogP contribution in [0, 0.1) is 0 Å². The number of nitrogens with zero attached hydrogens (tertiary/aromatic N) is 1. The van der Waals surface area contributed by atoms with Gasteiger partial charge >= 0.3 is 0 Å². The third kappa shape index (κ3) is 9.22. The van der Waals surface area contributed by atoms with Gasteiger partial charge in [-0.15, -0.1) is 0 Å². The van der Waals surface area contributed by atoms with E-state index in [1.54, 1.807) is 12.1 Å². The Bertz CT molecular complexity index is 576. The van der Waals surface area contributed by atoms with Crippen molar-refractivity contribution in [2.75, 3.05) is 7.11 Å². The first-order chi connectivity index (χ1) is 12.6. The van der Waals surface area contributed by atoms with Gasteiger partial charge in [-0.1, -0.05) is 58.3 Å². The molecule has 26 heavy (non-hydrogen) atoms. The lowest BCUT2D eigenvalue weighted by atomic mass is 10.1. The molecular weight excluding hydrogens is 396 g/mol. The first-order valence-electron chi connectivity index (χ1n) is 9.46. The van der Waals surface area contributed by atoms with Crippen LogP contribution in [0.1, 0.15) is 76.7 Å². The minimum Gasteiger partial charge on any atom is -0.503 e. The van der Waals surface area contributed by atoms with Crippen molar-refractivity contribution in [3.8, 4) is 11.5 Å². The fourth-order valence-electron chi connectivity index (χ4n) is 2.65. The Hall–Kier alpha value is -1.56. The SMILES string of the molecule is CCCCCCCCCCCC(=O)N/N=C/c1cc(Br)c(O)c(OC)c1. The molecule has 0 radical (unpaired) electrons. The number of phenols is 1. The molecule has 0 spiro atoms. The summed E-state index contributed by atoms with van der Waals surface area (Å²) in [6.45, 7) is 2.23. The second kappa shape index (κ2) is 13.6. The fraction of sp³-hybridized carbons (Fsp3) is 0.600. The topological polar surface area (TPSA) is 70.9 Å². The highest BCUT2D eigenvalue weighted by Crippen LogP contribution is 2.34. The van der Waals surface area contributed by atoms with Crippen LogP contribution < -0.4 is 10.2 Å². The maximum Gasteiger partial charge on any atom is 0.240 e. The first-order valence-corrected chi connectivity index (χ1v) is 10.3. The van der Waals surface area contributed by atoms with E-state index < -0.39 is 0 Å². The molecule has 0 aliphatic rings. The molecule has 0 heterocycles. The van der Waals surface area contributed by atoms with E-state index in [1.165, 1.54) is 58.3 Å². The molecule has 0 fully saturated rings. The molecule has 1 aromatic rings.